The molecule has 1 aliphatic heterocycles. The van der Waals surface area contributed by atoms with Crippen LogP contribution in [-0.2, 0) is 14.4 Å². The summed E-state index contributed by atoms with van der Waals surface area (Å²) in [5, 5.41) is 2.79. The highest BCUT2D eigenvalue weighted by Crippen LogP contribution is 2.18. The van der Waals surface area contributed by atoms with Crippen LogP contribution in [0, 0.1) is 5.92 Å². The minimum atomic E-state index is -0.588. The van der Waals surface area contributed by atoms with Crippen LogP contribution in [-0.4, -0.2) is 60.4 Å². The highest BCUT2D eigenvalue weighted by Gasteiger charge is 2.30. The standard InChI is InChI=1S/C19H27N3O4S/c1-27-12-9-16(19(25)22-10-7-14(8-11-22)18(20)24)21-17(23)13-26-15-5-3-2-4-6-15/h2-6,14,16H,7-13H2,1H3,(H2,20,24)(H,21,23)/t16-/m0/s1. The van der Waals surface area contributed by atoms with Gasteiger partial charge in [0.25, 0.3) is 5.91 Å². The zero-order valence-electron chi connectivity index (χ0n) is 15.6. The number of hydrogen-bond donors (Lipinski definition) is 2. The summed E-state index contributed by atoms with van der Waals surface area (Å²) < 4.78 is 5.45. The van der Waals surface area contributed by atoms with E-state index in [1.807, 2.05) is 24.5 Å². The van der Waals surface area contributed by atoms with Gasteiger partial charge >= 0.3 is 0 Å². The Morgan fingerprint density at radius 2 is 1.93 bits per heavy atom. The van der Waals surface area contributed by atoms with Crippen molar-refractivity contribution in [1.29, 1.82) is 0 Å². The third kappa shape index (κ3) is 6.78. The van der Waals surface area contributed by atoms with Crippen molar-refractivity contribution in [1.82, 2.24) is 10.2 Å². The largest absolute Gasteiger partial charge is 0.484 e. The fourth-order valence-electron chi connectivity index (χ4n) is 3.00. The van der Waals surface area contributed by atoms with Gasteiger partial charge in [-0.05, 0) is 43.4 Å². The highest BCUT2D eigenvalue weighted by atomic mass is 32.2. The molecule has 1 atom stereocenters. The van der Waals surface area contributed by atoms with Gasteiger partial charge in [0.2, 0.25) is 11.8 Å². The lowest BCUT2D eigenvalue weighted by Gasteiger charge is -2.33. The number of thioether (sulfide) groups is 1. The Morgan fingerprint density at radius 1 is 1.26 bits per heavy atom. The second-order valence-electron chi connectivity index (χ2n) is 6.51. The maximum atomic E-state index is 12.8. The van der Waals surface area contributed by atoms with E-state index in [1.54, 1.807) is 28.8 Å². The van der Waals surface area contributed by atoms with Gasteiger partial charge in [-0.3, -0.25) is 14.4 Å². The van der Waals surface area contributed by atoms with E-state index in [1.165, 1.54) is 0 Å². The molecule has 0 radical (unpaired) electrons. The number of amides is 3. The molecule has 3 amide bonds. The third-order valence-electron chi connectivity index (χ3n) is 4.57. The van der Waals surface area contributed by atoms with Gasteiger partial charge in [0.05, 0.1) is 0 Å². The third-order valence-corrected chi connectivity index (χ3v) is 5.21. The molecule has 0 aromatic heterocycles. The van der Waals surface area contributed by atoms with E-state index < -0.39 is 6.04 Å². The Balaban J connectivity index is 1.88. The molecule has 3 N–H and O–H groups in total. The van der Waals surface area contributed by atoms with Gasteiger partial charge in [-0.2, -0.15) is 11.8 Å². The van der Waals surface area contributed by atoms with E-state index in [9.17, 15) is 14.4 Å². The Bertz CT molecular complexity index is 633. The van der Waals surface area contributed by atoms with Crippen molar-refractivity contribution in [3.8, 4) is 5.75 Å². The average Bonchev–Trinajstić information content (AvgIpc) is 2.70. The Labute approximate surface area is 164 Å². The molecular formula is C19H27N3O4S. The van der Waals surface area contributed by atoms with Crippen molar-refractivity contribution in [3.63, 3.8) is 0 Å². The minimum absolute atomic E-state index is 0.111. The lowest BCUT2D eigenvalue weighted by Crippen LogP contribution is -2.52. The van der Waals surface area contributed by atoms with E-state index in [0.29, 0.717) is 38.1 Å². The molecule has 1 aromatic rings. The summed E-state index contributed by atoms with van der Waals surface area (Å²) in [6.07, 6.45) is 3.65. The molecule has 1 aliphatic rings. The Hall–Kier alpha value is -2.22. The molecule has 0 bridgehead atoms. The van der Waals surface area contributed by atoms with Gasteiger partial charge < -0.3 is 20.7 Å². The molecule has 1 aromatic carbocycles. The molecule has 1 fully saturated rings. The number of rotatable bonds is 9. The zero-order valence-corrected chi connectivity index (χ0v) is 16.4. The molecule has 0 spiro atoms. The van der Waals surface area contributed by atoms with Gasteiger partial charge in [0, 0.05) is 19.0 Å². The van der Waals surface area contributed by atoms with Crippen LogP contribution in [0.4, 0.5) is 0 Å². The molecule has 148 valence electrons. The van der Waals surface area contributed by atoms with E-state index in [4.69, 9.17) is 10.5 Å². The van der Waals surface area contributed by atoms with Crippen molar-refractivity contribution < 1.29 is 19.1 Å². The monoisotopic (exact) mass is 393 g/mol. The predicted octanol–water partition coefficient (Wildman–Crippen LogP) is 1.03. The first kappa shape index (κ1) is 21.1. The van der Waals surface area contributed by atoms with Gasteiger partial charge in [0.1, 0.15) is 11.8 Å². The predicted molar refractivity (Wildman–Crippen MR) is 105 cm³/mol. The summed E-state index contributed by atoms with van der Waals surface area (Å²) in [7, 11) is 0. The number of benzene rings is 1. The van der Waals surface area contributed by atoms with Gasteiger partial charge in [-0.15, -0.1) is 0 Å². The summed E-state index contributed by atoms with van der Waals surface area (Å²) in [5.41, 5.74) is 5.35. The van der Waals surface area contributed by atoms with E-state index in [0.717, 1.165) is 5.75 Å². The number of nitrogens with one attached hydrogen (secondary N) is 1. The topological polar surface area (TPSA) is 102 Å². The van der Waals surface area contributed by atoms with Crippen LogP contribution in [0.3, 0.4) is 0 Å². The number of likely N-dealkylation sites (tertiary alicyclic amines) is 1. The van der Waals surface area contributed by atoms with Crippen LogP contribution in [0.5, 0.6) is 5.75 Å². The molecule has 7 nitrogen and oxygen atoms in total. The smallest absolute Gasteiger partial charge is 0.258 e. The van der Waals surface area contributed by atoms with E-state index in [2.05, 4.69) is 5.32 Å². The molecule has 27 heavy (non-hydrogen) atoms. The minimum Gasteiger partial charge on any atom is -0.484 e. The second-order valence-corrected chi connectivity index (χ2v) is 7.49. The number of carbonyl (C=O) groups excluding carboxylic acids is 3. The molecule has 0 unspecified atom stereocenters. The molecule has 0 aliphatic carbocycles. The quantitative estimate of drug-likeness (QED) is 0.652. The maximum absolute atomic E-state index is 12.8. The molecule has 2 rings (SSSR count). The van der Waals surface area contributed by atoms with Gasteiger partial charge in [-0.1, -0.05) is 18.2 Å². The first-order chi connectivity index (χ1) is 13.0. The normalized spacial score (nSPS) is 15.8. The summed E-state index contributed by atoms with van der Waals surface area (Å²) in [6.45, 7) is 0.827. The zero-order chi connectivity index (χ0) is 19.6. The van der Waals surface area contributed by atoms with Crippen molar-refractivity contribution in [2.75, 3.05) is 31.7 Å². The van der Waals surface area contributed by atoms with E-state index in [-0.39, 0.29) is 30.2 Å². The lowest BCUT2D eigenvalue weighted by atomic mass is 9.95. The average molecular weight is 394 g/mol. The number of para-hydroxylation sites is 1. The van der Waals surface area contributed by atoms with Crippen LogP contribution in [0.2, 0.25) is 0 Å². The van der Waals surface area contributed by atoms with Crippen LogP contribution in [0.25, 0.3) is 0 Å². The number of nitrogens with two attached hydrogens (primary N) is 1. The van der Waals surface area contributed by atoms with Gasteiger partial charge in [-0.25, -0.2) is 0 Å². The Kier molecular flexibility index (Phi) is 8.44. The molecule has 0 saturated carbocycles. The summed E-state index contributed by atoms with van der Waals surface area (Å²) in [6, 6.07) is 8.47. The van der Waals surface area contributed by atoms with Crippen molar-refractivity contribution in [3.05, 3.63) is 30.3 Å². The summed E-state index contributed by atoms with van der Waals surface area (Å²) >= 11 is 1.62. The molecular weight excluding hydrogens is 366 g/mol. The number of ether oxygens (including phenoxy) is 1. The number of piperidine rings is 1. The fourth-order valence-corrected chi connectivity index (χ4v) is 3.47. The number of carbonyl (C=O) groups is 3. The molecule has 8 heteroatoms. The first-order valence-electron chi connectivity index (χ1n) is 9.05. The van der Waals surface area contributed by atoms with Crippen molar-refractivity contribution in [2.45, 2.75) is 25.3 Å². The first-order valence-corrected chi connectivity index (χ1v) is 10.4. The van der Waals surface area contributed by atoms with Crippen molar-refractivity contribution >= 4 is 29.5 Å². The molecule has 1 heterocycles. The lowest BCUT2D eigenvalue weighted by molar-refractivity contribution is -0.139. The highest BCUT2D eigenvalue weighted by molar-refractivity contribution is 7.98. The van der Waals surface area contributed by atoms with Crippen molar-refractivity contribution in [2.24, 2.45) is 11.7 Å². The maximum Gasteiger partial charge on any atom is 0.258 e. The van der Waals surface area contributed by atoms with E-state index >= 15 is 0 Å². The second kappa shape index (κ2) is 10.8. The van der Waals surface area contributed by atoms with Crippen LogP contribution in [0.15, 0.2) is 30.3 Å². The fraction of sp³-hybridized carbons (Fsp3) is 0.526. The van der Waals surface area contributed by atoms with Crippen LogP contribution in [0.1, 0.15) is 19.3 Å². The summed E-state index contributed by atoms with van der Waals surface area (Å²) in [4.78, 5) is 38.1. The number of nitrogens with zero attached hydrogens (tertiary/aromatic N) is 1. The van der Waals surface area contributed by atoms with Crippen LogP contribution >= 0.6 is 11.8 Å². The number of hydrogen-bond acceptors (Lipinski definition) is 5. The Morgan fingerprint density at radius 3 is 2.52 bits per heavy atom. The molecule has 1 saturated heterocycles. The summed E-state index contributed by atoms with van der Waals surface area (Å²) in [5.74, 6) is 0.437. The SMILES string of the molecule is CSCC[C@H](NC(=O)COc1ccccc1)C(=O)N1CCC(C(N)=O)CC1. The van der Waals surface area contributed by atoms with Crippen LogP contribution < -0.4 is 15.8 Å². The van der Waals surface area contributed by atoms with Gasteiger partial charge in [0.15, 0.2) is 6.61 Å². The number of primary amides is 1.